The van der Waals surface area contributed by atoms with Crippen LogP contribution in [0.2, 0.25) is 0 Å². The van der Waals surface area contributed by atoms with Crippen LogP contribution in [0, 0.1) is 12.8 Å². The Morgan fingerprint density at radius 2 is 2.00 bits per heavy atom. The van der Waals surface area contributed by atoms with Crippen LogP contribution in [0.3, 0.4) is 0 Å². The molecule has 0 radical (unpaired) electrons. The Morgan fingerprint density at radius 1 is 1.27 bits per heavy atom. The minimum Gasteiger partial charge on any atom is -0.370 e. The summed E-state index contributed by atoms with van der Waals surface area (Å²) in [4.78, 5) is 6.68. The van der Waals surface area contributed by atoms with E-state index in [1.165, 1.54) is 24.1 Å². The van der Waals surface area contributed by atoms with Gasteiger partial charge in [0.05, 0.1) is 0 Å². The van der Waals surface area contributed by atoms with Crippen LogP contribution >= 0.6 is 24.0 Å². The number of aliphatic imine (C=N–C) groups is 1. The average molecular weight is 416 g/mol. The third-order valence-corrected chi connectivity index (χ3v) is 3.99. The highest BCUT2D eigenvalue weighted by Crippen LogP contribution is 2.27. The predicted molar refractivity (Wildman–Crippen MR) is 107 cm³/mol. The molecule has 22 heavy (non-hydrogen) atoms. The summed E-state index contributed by atoms with van der Waals surface area (Å²) in [5, 5.41) is 6.80. The minimum atomic E-state index is 0. The van der Waals surface area contributed by atoms with Gasteiger partial charge in [0.15, 0.2) is 5.96 Å². The van der Waals surface area contributed by atoms with Crippen molar-refractivity contribution in [3.05, 3.63) is 29.8 Å². The molecule has 5 heteroatoms. The molecule has 0 bridgehead atoms. The first-order valence-corrected chi connectivity index (χ1v) is 7.99. The van der Waals surface area contributed by atoms with Gasteiger partial charge in [0.2, 0.25) is 0 Å². The topological polar surface area (TPSA) is 39.7 Å². The molecule has 4 nitrogen and oxygen atoms in total. The Kier molecular flexibility index (Phi) is 8.60. The highest BCUT2D eigenvalue weighted by atomic mass is 127. The van der Waals surface area contributed by atoms with Crippen molar-refractivity contribution in [2.75, 3.05) is 38.1 Å². The zero-order valence-electron chi connectivity index (χ0n) is 13.9. The number of aryl methyl sites for hydroxylation is 1. The van der Waals surface area contributed by atoms with E-state index in [4.69, 9.17) is 0 Å². The standard InChI is InChI=1S/C17H28N4.HI/c1-4-21(16-8-6-5-7-14(16)2)12-11-19-17(18-3)20-13-15-9-10-15;/h5-8,15H,4,9-13H2,1-3H3,(H2,18,19,20);1H. The lowest BCUT2D eigenvalue weighted by Gasteiger charge is -2.25. The van der Waals surface area contributed by atoms with Gasteiger partial charge in [0.1, 0.15) is 0 Å². The monoisotopic (exact) mass is 416 g/mol. The van der Waals surface area contributed by atoms with Gasteiger partial charge in [-0.25, -0.2) is 0 Å². The smallest absolute Gasteiger partial charge is 0.191 e. The molecule has 1 aliphatic carbocycles. The Morgan fingerprint density at radius 3 is 2.59 bits per heavy atom. The first-order chi connectivity index (χ1) is 10.2. The zero-order chi connectivity index (χ0) is 15.1. The molecule has 1 saturated carbocycles. The number of anilines is 1. The Balaban J connectivity index is 0.00000242. The number of nitrogens with zero attached hydrogens (tertiary/aromatic N) is 2. The number of likely N-dealkylation sites (N-methyl/N-ethyl adjacent to an activating group) is 1. The normalized spacial score (nSPS) is 14.2. The maximum Gasteiger partial charge on any atom is 0.191 e. The molecule has 1 aliphatic rings. The quantitative estimate of drug-likeness (QED) is 0.408. The molecule has 1 aromatic rings. The van der Waals surface area contributed by atoms with E-state index in [2.05, 4.69) is 58.6 Å². The minimum absolute atomic E-state index is 0. The number of halogens is 1. The summed E-state index contributed by atoms with van der Waals surface area (Å²) >= 11 is 0. The SMILES string of the molecule is CCN(CCNC(=NC)NCC1CC1)c1ccccc1C.I. The van der Waals surface area contributed by atoms with Crippen LogP contribution < -0.4 is 15.5 Å². The number of hydrogen-bond acceptors (Lipinski definition) is 2. The lowest BCUT2D eigenvalue weighted by molar-refractivity contribution is 0.720. The van der Waals surface area contributed by atoms with Gasteiger partial charge in [-0.3, -0.25) is 4.99 Å². The van der Waals surface area contributed by atoms with E-state index < -0.39 is 0 Å². The summed E-state index contributed by atoms with van der Waals surface area (Å²) in [6.45, 7) is 8.31. The number of nitrogens with one attached hydrogen (secondary N) is 2. The van der Waals surface area contributed by atoms with Crippen molar-refractivity contribution < 1.29 is 0 Å². The Hall–Kier alpha value is -0.980. The summed E-state index contributed by atoms with van der Waals surface area (Å²) in [5.41, 5.74) is 2.65. The van der Waals surface area contributed by atoms with Crippen molar-refractivity contribution in [1.82, 2.24) is 10.6 Å². The van der Waals surface area contributed by atoms with Crippen molar-refractivity contribution in [2.45, 2.75) is 26.7 Å². The van der Waals surface area contributed by atoms with Crippen molar-refractivity contribution in [3.8, 4) is 0 Å². The first-order valence-electron chi connectivity index (χ1n) is 7.99. The molecule has 0 saturated heterocycles. The van der Waals surface area contributed by atoms with Crippen molar-refractivity contribution in [3.63, 3.8) is 0 Å². The molecular weight excluding hydrogens is 387 g/mol. The molecule has 2 rings (SSSR count). The molecule has 124 valence electrons. The zero-order valence-corrected chi connectivity index (χ0v) is 16.3. The van der Waals surface area contributed by atoms with Gasteiger partial charge in [0.25, 0.3) is 0 Å². The van der Waals surface area contributed by atoms with Crippen LogP contribution in [0.5, 0.6) is 0 Å². The van der Waals surface area contributed by atoms with Crippen LogP contribution in [0.4, 0.5) is 5.69 Å². The molecule has 0 amide bonds. The fourth-order valence-corrected chi connectivity index (χ4v) is 2.46. The number of benzene rings is 1. The molecule has 0 unspecified atom stereocenters. The lowest BCUT2D eigenvalue weighted by Crippen LogP contribution is -2.42. The van der Waals surface area contributed by atoms with Crippen molar-refractivity contribution >= 4 is 35.6 Å². The summed E-state index contributed by atoms with van der Waals surface area (Å²) in [5.74, 6) is 1.78. The van der Waals surface area contributed by atoms with Gasteiger partial charge in [-0.15, -0.1) is 24.0 Å². The van der Waals surface area contributed by atoms with Crippen molar-refractivity contribution in [1.29, 1.82) is 0 Å². The third-order valence-electron chi connectivity index (χ3n) is 3.99. The van der Waals surface area contributed by atoms with E-state index in [-0.39, 0.29) is 24.0 Å². The molecule has 0 spiro atoms. The second-order valence-electron chi connectivity index (χ2n) is 5.69. The maximum absolute atomic E-state index is 4.28. The van der Waals surface area contributed by atoms with Gasteiger partial charge in [-0.2, -0.15) is 0 Å². The highest BCUT2D eigenvalue weighted by Gasteiger charge is 2.21. The molecule has 2 N–H and O–H groups in total. The molecule has 0 aromatic heterocycles. The highest BCUT2D eigenvalue weighted by molar-refractivity contribution is 14.0. The molecule has 1 fully saturated rings. The van der Waals surface area contributed by atoms with Gasteiger partial charge >= 0.3 is 0 Å². The summed E-state index contributed by atoms with van der Waals surface area (Å²) in [7, 11) is 1.83. The largest absolute Gasteiger partial charge is 0.370 e. The fourth-order valence-electron chi connectivity index (χ4n) is 2.46. The fraction of sp³-hybridized carbons (Fsp3) is 0.588. The van der Waals surface area contributed by atoms with Gasteiger partial charge < -0.3 is 15.5 Å². The van der Waals surface area contributed by atoms with Crippen molar-refractivity contribution in [2.24, 2.45) is 10.9 Å². The van der Waals surface area contributed by atoms with Crippen LogP contribution in [0.15, 0.2) is 29.3 Å². The first kappa shape index (κ1) is 19.1. The third kappa shape index (κ3) is 6.02. The van der Waals surface area contributed by atoms with E-state index in [0.717, 1.165) is 38.1 Å². The van der Waals surface area contributed by atoms with E-state index in [1.807, 2.05) is 7.05 Å². The molecule has 1 aromatic carbocycles. The van der Waals surface area contributed by atoms with E-state index in [0.29, 0.717) is 0 Å². The van der Waals surface area contributed by atoms with E-state index in [1.54, 1.807) is 0 Å². The average Bonchev–Trinajstić information content (AvgIpc) is 3.32. The number of rotatable bonds is 7. The van der Waals surface area contributed by atoms with Crippen LogP contribution in [0.25, 0.3) is 0 Å². The van der Waals surface area contributed by atoms with Crippen LogP contribution in [-0.4, -0.2) is 39.2 Å². The summed E-state index contributed by atoms with van der Waals surface area (Å²) in [6.07, 6.45) is 2.72. The number of guanidine groups is 1. The molecule has 0 aliphatic heterocycles. The van der Waals surface area contributed by atoms with E-state index in [9.17, 15) is 0 Å². The molecular formula is C17H29IN4. The Labute approximate surface area is 151 Å². The van der Waals surface area contributed by atoms with Gasteiger partial charge in [-0.1, -0.05) is 18.2 Å². The Bertz CT molecular complexity index is 471. The van der Waals surface area contributed by atoms with Gasteiger partial charge in [0, 0.05) is 38.9 Å². The predicted octanol–water partition coefficient (Wildman–Crippen LogP) is 3.01. The molecule has 0 heterocycles. The number of hydrogen-bond donors (Lipinski definition) is 2. The van der Waals surface area contributed by atoms with E-state index >= 15 is 0 Å². The van der Waals surface area contributed by atoms with Crippen LogP contribution in [0.1, 0.15) is 25.3 Å². The second-order valence-corrected chi connectivity index (χ2v) is 5.69. The lowest BCUT2D eigenvalue weighted by atomic mass is 10.2. The van der Waals surface area contributed by atoms with Crippen LogP contribution in [-0.2, 0) is 0 Å². The summed E-state index contributed by atoms with van der Waals surface area (Å²) in [6, 6.07) is 8.56. The maximum atomic E-state index is 4.28. The summed E-state index contributed by atoms with van der Waals surface area (Å²) < 4.78 is 0. The second kappa shape index (κ2) is 9.92. The number of para-hydroxylation sites is 1. The van der Waals surface area contributed by atoms with Gasteiger partial charge in [-0.05, 0) is 44.2 Å². The molecule has 0 atom stereocenters.